The Labute approximate surface area is 91.7 Å². The van der Waals surface area contributed by atoms with Crippen molar-refractivity contribution in [2.45, 2.75) is 32.1 Å². The van der Waals surface area contributed by atoms with Crippen molar-refractivity contribution in [1.29, 1.82) is 0 Å². The first-order valence-electron chi connectivity index (χ1n) is 5.05. The van der Waals surface area contributed by atoms with Crippen molar-refractivity contribution >= 4 is 11.3 Å². The molecule has 0 saturated carbocycles. The van der Waals surface area contributed by atoms with Crippen molar-refractivity contribution in [2.75, 3.05) is 13.1 Å². The molecule has 84 valence electrons. The Bertz CT molecular complexity index is 351. The Balaban J connectivity index is 2.28. The Kier molecular flexibility index (Phi) is 2.77. The molecular formula is C10H14F2N2S. The van der Waals surface area contributed by atoms with E-state index in [0.717, 1.165) is 42.8 Å². The average Bonchev–Trinajstić information content (AvgIpc) is 2.68. The molecule has 0 bridgehead atoms. The van der Waals surface area contributed by atoms with E-state index < -0.39 is 5.92 Å². The van der Waals surface area contributed by atoms with Crippen molar-refractivity contribution in [3.8, 4) is 0 Å². The molecule has 1 saturated heterocycles. The number of hydrogen-bond acceptors (Lipinski definition) is 3. The molecule has 0 amide bonds. The zero-order chi connectivity index (χ0) is 11.1. The van der Waals surface area contributed by atoms with Gasteiger partial charge < -0.3 is 5.32 Å². The second kappa shape index (κ2) is 3.79. The summed E-state index contributed by atoms with van der Waals surface area (Å²) in [7, 11) is 0. The predicted octanol–water partition coefficient (Wildman–Crippen LogP) is 2.64. The maximum Gasteiger partial charge on any atom is 0.281 e. The van der Waals surface area contributed by atoms with Crippen LogP contribution in [0.5, 0.6) is 0 Å². The standard InChI is InChI=1S/C10H14F2N2S/c1-6-8(10(2,11)12)15-9(14-6)7-3-4-13-5-7/h7,13H,3-5H2,1-2H3. The monoisotopic (exact) mass is 232 g/mol. The van der Waals surface area contributed by atoms with Gasteiger partial charge in [0.1, 0.15) is 0 Å². The van der Waals surface area contributed by atoms with Gasteiger partial charge in [0.05, 0.1) is 15.6 Å². The van der Waals surface area contributed by atoms with Crippen LogP contribution in [-0.4, -0.2) is 18.1 Å². The number of alkyl halides is 2. The molecule has 0 radical (unpaired) electrons. The minimum absolute atomic E-state index is 0.115. The summed E-state index contributed by atoms with van der Waals surface area (Å²) in [5, 5.41) is 4.07. The number of nitrogens with zero attached hydrogens (tertiary/aromatic N) is 1. The van der Waals surface area contributed by atoms with Crippen LogP contribution in [0, 0.1) is 6.92 Å². The van der Waals surface area contributed by atoms with Gasteiger partial charge in [-0.2, -0.15) is 0 Å². The number of aryl methyl sites for hydroxylation is 1. The van der Waals surface area contributed by atoms with E-state index in [1.54, 1.807) is 6.92 Å². The number of nitrogens with one attached hydrogen (secondary N) is 1. The van der Waals surface area contributed by atoms with Crippen LogP contribution in [0.2, 0.25) is 0 Å². The van der Waals surface area contributed by atoms with Gasteiger partial charge in [0.2, 0.25) is 0 Å². The lowest BCUT2D eigenvalue weighted by molar-refractivity contribution is 0.0206. The molecule has 0 spiro atoms. The highest BCUT2D eigenvalue weighted by Gasteiger charge is 2.32. The summed E-state index contributed by atoms with van der Waals surface area (Å²) in [4.78, 5) is 4.37. The average molecular weight is 232 g/mol. The van der Waals surface area contributed by atoms with Gasteiger partial charge in [-0.25, -0.2) is 13.8 Å². The van der Waals surface area contributed by atoms with E-state index in [1.165, 1.54) is 0 Å². The zero-order valence-corrected chi connectivity index (χ0v) is 9.63. The van der Waals surface area contributed by atoms with Crippen molar-refractivity contribution in [3.63, 3.8) is 0 Å². The van der Waals surface area contributed by atoms with E-state index >= 15 is 0 Å². The number of hydrogen-bond donors (Lipinski definition) is 1. The first-order valence-corrected chi connectivity index (χ1v) is 5.86. The highest BCUT2D eigenvalue weighted by Crippen LogP contribution is 2.37. The Morgan fingerprint density at radius 1 is 1.53 bits per heavy atom. The summed E-state index contributed by atoms with van der Waals surface area (Å²) in [5.41, 5.74) is 0.481. The maximum absolute atomic E-state index is 13.2. The molecule has 0 aromatic carbocycles. The Morgan fingerprint density at radius 2 is 2.27 bits per heavy atom. The third kappa shape index (κ3) is 2.18. The molecule has 2 nitrogen and oxygen atoms in total. The molecule has 1 unspecified atom stereocenters. The van der Waals surface area contributed by atoms with Crippen LogP contribution >= 0.6 is 11.3 Å². The first-order chi connectivity index (χ1) is 6.98. The lowest BCUT2D eigenvalue weighted by Crippen LogP contribution is -2.07. The van der Waals surface area contributed by atoms with E-state index in [0.29, 0.717) is 11.6 Å². The van der Waals surface area contributed by atoms with Crippen molar-refractivity contribution in [1.82, 2.24) is 10.3 Å². The van der Waals surface area contributed by atoms with Crippen LogP contribution in [-0.2, 0) is 5.92 Å². The molecule has 1 aromatic rings. The molecule has 5 heteroatoms. The van der Waals surface area contributed by atoms with Crippen LogP contribution in [0.25, 0.3) is 0 Å². The van der Waals surface area contributed by atoms with Crippen LogP contribution in [0.15, 0.2) is 0 Å². The zero-order valence-electron chi connectivity index (χ0n) is 8.81. The molecule has 2 rings (SSSR count). The van der Waals surface area contributed by atoms with Crippen LogP contribution in [0.1, 0.15) is 34.8 Å². The second-order valence-electron chi connectivity index (χ2n) is 4.04. The lowest BCUT2D eigenvalue weighted by Gasteiger charge is -2.07. The van der Waals surface area contributed by atoms with E-state index in [4.69, 9.17) is 0 Å². The fourth-order valence-corrected chi connectivity index (χ4v) is 3.00. The molecule has 0 aliphatic carbocycles. The van der Waals surface area contributed by atoms with E-state index in [-0.39, 0.29) is 4.88 Å². The lowest BCUT2D eigenvalue weighted by atomic mass is 10.1. The van der Waals surface area contributed by atoms with Crippen LogP contribution < -0.4 is 5.32 Å². The van der Waals surface area contributed by atoms with Gasteiger partial charge in [0, 0.05) is 19.4 Å². The van der Waals surface area contributed by atoms with Gasteiger partial charge in [-0.1, -0.05) is 0 Å². The minimum atomic E-state index is -2.76. The van der Waals surface area contributed by atoms with Gasteiger partial charge >= 0.3 is 0 Å². The predicted molar refractivity (Wildman–Crippen MR) is 56.6 cm³/mol. The molecule has 1 N–H and O–H groups in total. The first kappa shape index (κ1) is 11.0. The van der Waals surface area contributed by atoms with E-state index in [1.807, 2.05) is 0 Å². The summed E-state index contributed by atoms with van der Waals surface area (Å²) in [6.07, 6.45) is 1.00. The highest BCUT2D eigenvalue weighted by atomic mass is 32.1. The second-order valence-corrected chi connectivity index (χ2v) is 5.08. The SMILES string of the molecule is Cc1nc(C2CCNC2)sc1C(C)(F)F. The summed E-state index contributed by atoms with van der Waals surface area (Å²) in [6, 6.07) is 0. The number of thiazole rings is 1. The third-order valence-electron chi connectivity index (χ3n) is 2.62. The normalized spacial score (nSPS) is 22.3. The molecule has 1 aromatic heterocycles. The quantitative estimate of drug-likeness (QED) is 0.848. The molecule has 2 heterocycles. The minimum Gasteiger partial charge on any atom is -0.316 e. The van der Waals surface area contributed by atoms with E-state index in [9.17, 15) is 8.78 Å². The summed E-state index contributed by atoms with van der Waals surface area (Å²) in [6.45, 7) is 4.42. The molecular weight excluding hydrogens is 218 g/mol. The Hall–Kier alpha value is -0.550. The number of halogens is 2. The summed E-state index contributed by atoms with van der Waals surface area (Å²) >= 11 is 1.16. The fraction of sp³-hybridized carbons (Fsp3) is 0.700. The van der Waals surface area contributed by atoms with Crippen LogP contribution in [0.3, 0.4) is 0 Å². The summed E-state index contributed by atoms with van der Waals surface area (Å²) in [5.74, 6) is -2.43. The third-order valence-corrected chi connectivity index (χ3v) is 4.11. The molecule has 1 aliphatic heterocycles. The van der Waals surface area contributed by atoms with Crippen LogP contribution in [0.4, 0.5) is 8.78 Å². The number of aromatic nitrogens is 1. The van der Waals surface area contributed by atoms with Gasteiger partial charge in [0.15, 0.2) is 0 Å². The number of rotatable bonds is 2. The van der Waals surface area contributed by atoms with Gasteiger partial charge in [-0.15, -0.1) is 11.3 Å². The van der Waals surface area contributed by atoms with Gasteiger partial charge in [0.25, 0.3) is 5.92 Å². The molecule has 15 heavy (non-hydrogen) atoms. The van der Waals surface area contributed by atoms with Crippen molar-refractivity contribution < 1.29 is 8.78 Å². The van der Waals surface area contributed by atoms with Crippen molar-refractivity contribution in [2.24, 2.45) is 0 Å². The molecule has 1 atom stereocenters. The smallest absolute Gasteiger partial charge is 0.281 e. The molecule has 1 aliphatic rings. The van der Waals surface area contributed by atoms with Gasteiger partial charge in [-0.3, -0.25) is 0 Å². The van der Waals surface area contributed by atoms with E-state index in [2.05, 4.69) is 10.3 Å². The largest absolute Gasteiger partial charge is 0.316 e. The fourth-order valence-electron chi connectivity index (χ4n) is 1.86. The Morgan fingerprint density at radius 3 is 2.73 bits per heavy atom. The van der Waals surface area contributed by atoms with Gasteiger partial charge in [-0.05, 0) is 19.9 Å². The topological polar surface area (TPSA) is 24.9 Å². The maximum atomic E-state index is 13.2. The summed E-state index contributed by atoms with van der Waals surface area (Å²) < 4.78 is 26.3. The van der Waals surface area contributed by atoms with Crippen molar-refractivity contribution in [3.05, 3.63) is 15.6 Å². The molecule has 1 fully saturated rings. The highest BCUT2D eigenvalue weighted by molar-refractivity contribution is 7.12.